The number of ether oxygens (including phenoxy) is 3. The second-order valence-corrected chi connectivity index (χ2v) is 7.46. The minimum Gasteiger partial charge on any atom is -0.465 e. The standard InChI is InChI=1S/C23H26FNO4/c1-2-27-22(26)20-10-6-7-11-25(20)14-17-12-19(24)13-18-15-28-23(29-21(17)18)16-8-4-3-5-9-16/h3-5,8-9,12-13,20,23H,2,6-7,10-11,14-15H2,1H3/t20-,23-/m1/s1. The summed E-state index contributed by atoms with van der Waals surface area (Å²) in [5.41, 5.74) is 2.34. The first-order chi connectivity index (χ1) is 14.2. The normalized spacial score (nSPS) is 21.9. The van der Waals surface area contributed by atoms with Gasteiger partial charge in [-0.3, -0.25) is 9.69 Å². The fourth-order valence-electron chi connectivity index (χ4n) is 4.07. The van der Waals surface area contributed by atoms with Crippen LogP contribution >= 0.6 is 0 Å². The van der Waals surface area contributed by atoms with Crippen LogP contribution in [0.15, 0.2) is 42.5 Å². The predicted molar refractivity (Wildman–Crippen MR) is 106 cm³/mol. The van der Waals surface area contributed by atoms with Crippen LogP contribution in [0.2, 0.25) is 0 Å². The lowest BCUT2D eigenvalue weighted by molar-refractivity contribution is -0.151. The van der Waals surface area contributed by atoms with Gasteiger partial charge < -0.3 is 14.2 Å². The maximum absolute atomic E-state index is 14.3. The van der Waals surface area contributed by atoms with Gasteiger partial charge in [0.1, 0.15) is 17.6 Å². The van der Waals surface area contributed by atoms with Crippen molar-refractivity contribution in [1.82, 2.24) is 4.90 Å². The van der Waals surface area contributed by atoms with E-state index in [0.717, 1.165) is 36.9 Å². The van der Waals surface area contributed by atoms with Crippen LogP contribution < -0.4 is 4.74 Å². The van der Waals surface area contributed by atoms with Gasteiger partial charge in [-0.1, -0.05) is 36.8 Å². The number of fused-ring (bicyclic) bond motifs is 1. The first-order valence-corrected chi connectivity index (χ1v) is 10.2. The molecule has 0 radical (unpaired) electrons. The third kappa shape index (κ3) is 4.43. The van der Waals surface area contributed by atoms with Gasteiger partial charge in [-0.2, -0.15) is 0 Å². The minimum atomic E-state index is -0.532. The first kappa shape index (κ1) is 19.9. The van der Waals surface area contributed by atoms with Crippen LogP contribution in [0, 0.1) is 5.82 Å². The second-order valence-electron chi connectivity index (χ2n) is 7.46. The van der Waals surface area contributed by atoms with E-state index in [1.165, 1.54) is 12.1 Å². The van der Waals surface area contributed by atoms with E-state index in [1.54, 1.807) is 0 Å². The third-order valence-corrected chi connectivity index (χ3v) is 5.44. The minimum absolute atomic E-state index is 0.205. The molecule has 0 saturated carbocycles. The van der Waals surface area contributed by atoms with Gasteiger partial charge >= 0.3 is 5.97 Å². The Morgan fingerprint density at radius 1 is 1.24 bits per heavy atom. The number of hydrogen-bond donors (Lipinski definition) is 0. The van der Waals surface area contributed by atoms with Gasteiger partial charge in [-0.15, -0.1) is 0 Å². The number of carbonyl (C=O) groups excluding carboxylic acids is 1. The summed E-state index contributed by atoms with van der Waals surface area (Å²) in [6, 6.07) is 12.4. The molecule has 2 atom stereocenters. The van der Waals surface area contributed by atoms with E-state index in [2.05, 4.69) is 4.90 Å². The Kier molecular flexibility index (Phi) is 6.11. The van der Waals surface area contributed by atoms with Crippen molar-refractivity contribution in [3.05, 3.63) is 65.0 Å². The molecule has 2 heterocycles. The van der Waals surface area contributed by atoms with Crippen molar-refractivity contribution in [2.75, 3.05) is 13.2 Å². The molecule has 4 rings (SSSR count). The lowest BCUT2D eigenvalue weighted by atomic mass is 10.00. The molecule has 1 fully saturated rings. The Hall–Kier alpha value is -2.44. The van der Waals surface area contributed by atoms with Crippen molar-refractivity contribution in [3.8, 4) is 5.75 Å². The van der Waals surface area contributed by atoms with Crippen molar-refractivity contribution < 1.29 is 23.4 Å². The van der Waals surface area contributed by atoms with Gasteiger partial charge in [0, 0.05) is 23.2 Å². The highest BCUT2D eigenvalue weighted by Gasteiger charge is 2.32. The van der Waals surface area contributed by atoms with Crippen LogP contribution in [0.5, 0.6) is 5.75 Å². The zero-order chi connectivity index (χ0) is 20.2. The van der Waals surface area contributed by atoms with Gasteiger partial charge in [0.2, 0.25) is 6.29 Å². The number of hydrogen-bond acceptors (Lipinski definition) is 5. The number of halogens is 1. The molecular weight excluding hydrogens is 373 g/mol. The highest BCUT2D eigenvalue weighted by atomic mass is 19.1. The van der Waals surface area contributed by atoms with Crippen LogP contribution in [0.4, 0.5) is 4.39 Å². The summed E-state index contributed by atoms with van der Waals surface area (Å²) in [7, 11) is 0. The van der Waals surface area contributed by atoms with E-state index in [9.17, 15) is 9.18 Å². The Morgan fingerprint density at radius 3 is 2.86 bits per heavy atom. The number of piperidine rings is 1. The summed E-state index contributed by atoms with van der Waals surface area (Å²) >= 11 is 0. The molecule has 1 saturated heterocycles. The molecule has 0 spiro atoms. The van der Waals surface area contributed by atoms with Crippen LogP contribution in [0.25, 0.3) is 0 Å². The third-order valence-electron chi connectivity index (χ3n) is 5.44. The fourth-order valence-corrected chi connectivity index (χ4v) is 4.07. The average molecular weight is 399 g/mol. The summed E-state index contributed by atoms with van der Waals surface area (Å²) in [6.45, 7) is 3.66. The Morgan fingerprint density at radius 2 is 2.07 bits per heavy atom. The highest BCUT2D eigenvalue weighted by Crippen LogP contribution is 2.37. The average Bonchev–Trinajstić information content (AvgIpc) is 2.74. The lowest BCUT2D eigenvalue weighted by Gasteiger charge is -2.35. The van der Waals surface area contributed by atoms with Crippen LogP contribution in [-0.2, 0) is 27.4 Å². The number of rotatable bonds is 5. The van der Waals surface area contributed by atoms with Gasteiger partial charge in [-0.25, -0.2) is 4.39 Å². The molecule has 5 nitrogen and oxygen atoms in total. The monoisotopic (exact) mass is 399 g/mol. The van der Waals surface area contributed by atoms with Gasteiger partial charge in [0.05, 0.1) is 13.2 Å². The zero-order valence-electron chi connectivity index (χ0n) is 16.6. The number of carbonyl (C=O) groups is 1. The van der Waals surface area contributed by atoms with Crippen LogP contribution in [-0.4, -0.2) is 30.1 Å². The zero-order valence-corrected chi connectivity index (χ0v) is 16.6. The summed E-state index contributed by atoms with van der Waals surface area (Å²) in [5, 5.41) is 0. The predicted octanol–water partition coefficient (Wildman–Crippen LogP) is 4.35. The van der Waals surface area contributed by atoms with E-state index in [-0.39, 0.29) is 24.4 Å². The number of nitrogens with zero attached hydrogens (tertiary/aromatic N) is 1. The van der Waals surface area contributed by atoms with E-state index in [4.69, 9.17) is 14.2 Å². The number of benzene rings is 2. The van der Waals surface area contributed by atoms with Crippen molar-refractivity contribution >= 4 is 5.97 Å². The maximum Gasteiger partial charge on any atom is 0.323 e. The summed E-state index contributed by atoms with van der Waals surface area (Å²) in [4.78, 5) is 14.5. The van der Waals surface area contributed by atoms with Crippen molar-refractivity contribution in [3.63, 3.8) is 0 Å². The number of esters is 1. The molecule has 0 N–H and O–H groups in total. The Bertz CT molecular complexity index is 857. The van der Waals surface area contributed by atoms with E-state index in [1.807, 2.05) is 37.3 Å². The Balaban J connectivity index is 1.59. The summed E-state index contributed by atoms with van der Waals surface area (Å²) in [6.07, 6.45) is 2.22. The topological polar surface area (TPSA) is 48.0 Å². The maximum atomic E-state index is 14.3. The molecule has 2 aromatic carbocycles. The largest absolute Gasteiger partial charge is 0.465 e. The van der Waals surface area contributed by atoms with E-state index in [0.29, 0.717) is 24.5 Å². The molecular formula is C23H26FNO4. The number of likely N-dealkylation sites (tertiary alicyclic amines) is 1. The fraction of sp³-hybridized carbons (Fsp3) is 0.435. The van der Waals surface area contributed by atoms with Gasteiger partial charge in [0.15, 0.2) is 0 Å². The molecule has 0 aromatic heterocycles. The molecule has 6 heteroatoms. The molecule has 2 aromatic rings. The molecule has 29 heavy (non-hydrogen) atoms. The smallest absolute Gasteiger partial charge is 0.323 e. The van der Waals surface area contributed by atoms with Crippen LogP contribution in [0.1, 0.15) is 49.2 Å². The first-order valence-electron chi connectivity index (χ1n) is 10.2. The SMILES string of the molecule is CCOC(=O)[C@H]1CCCCN1Cc1cc(F)cc2c1O[C@H](c1ccccc1)OC2. The summed E-state index contributed by atoms with van der Waals surface area (Å²) in [5.74, 6) is 0.123. The van der Waals surface area contributed by atoms with Gasteiger partial charge in [-0.05, 0) is 38.4 Å². The quantitative estimate of drug-likeness (QED) is 0.700. The van der Waals surface area contributed by atoms with Crippen molar-refractivity contribution in [1.29, 1.82) is 0 Å². The Labute approximate surface area is 170 Å². The lowest BCUT2D eigenvalue weighted by Crippen LogP contribution is -2.45. The van der Waals surface area contributed by atoms with E-state index >= 15 is 0 Å². The van der Waals surface area contributed by atoms with Gasteiger partial charge in [0.25, 0.3) is 0 Å². The molecule has 0 aliphatic carbocycles. The van der Waals surface area contributed by atoms with Crippen molar-refractivity contribution in [2.24, 2.45) is 0 Å². The molecule has 0 amide bonds. The summed E-state index contributed by atoms with van der Waals surface area (Å²) < 4.78 is 31.5. The molecule has 154 valence electrons. The molecule has 0 bridgehead atoms. The molecule has 2 aliphatic heterocycles. The second kappa shape index (κ2) is 8.93. The highest BCUT2D eigenvalue weighted by molar-refractivity contribution is 5.75. The van der Waals surface area contributed by atoms with Crippen molar-refractivity contribution in [2.45, 2.75) is 51.7 Å². The molecule has 2 aliphatic rings. The van der Waals surface area contributed by atoms with Crippen LogP contribution in [0.3, 0.4) is 0 Å². The van der Waals surface area contributed by atoms with E-state index < -0.39 is 6.29 Å². The molecule has 0 unspecified atom stereocenters.